The lowest BCUT2D eigenvalue weighted by molar-refractivity contribution is -0.0468. The Hall–Kier alpha value is -1.65. The molecule has 0 aliphatic heterocycles. The van der Waals surface area contributed by atoms with Gasteiger partial charge < -0.3 is 4.74 Å². The first kappa shape index (κ1) is 13.8. The highest BCUT2D eigenvalue weighted by Gasteiger charge is 2.14. The van der Waals surface area contributed by atoms with E-state index in [4.69, 9.17) is 17.0 Å². The number of hydrogen-bond donors (Lipinski definition) is 1. The maximum atomic E-state index is 9.87. The third-order valence-corrected chi connectivity index (χ3v) is 3.43. The largest absolute Gasteiger partial charge is 0.497 e. The lowest BCUT2D eigenvalue weighted by Crippen LogP contribution is -2.26. The second-order valence-electron chi connectivity index (χ2n) is 4.51. The predicted molar refractivity (Wildman–Crippen MR) is 80.8 cm³/mol. The number of rotatable bonds is 3. The van der Waals surface area contributed by atoms with Crippen molar-refractivity contribution in [3.63, 3.8) is 0 Å². The highest BCUT2D eigenvalue weighted by Crippen LogP contribution is 2.26. The summed E-state index contributed by atoms with van der Waals surface area (Å²) in [6.07, 6.45) is 0. The summed E-state index contributed by atoms with van der Waals surface area (Å²) in [5, 5.41) is 13.2. The minimum atomic E-state index is -0.163. The molecule has 0 amide bonds. The highest BCUT2D eigenvalue weighted by molar-refractivity contribution is 7.80. The van der Waals surface area contributed by atoms with E-state index in [0.29, 0.717) is 4.99 Å². The fraction of sp³-hybridized carbons (Fsp3) is 0.267. The van der Waals surface area contributed by atoms with Crippen LogP contribution < -0.4 is 4.74 Å². The molecule has 0 spiro atoms. The number of benzene rings is 2. The molecule has 2 aromatic carbocycles. The van der Waals surface area contributed by atoms with Gasteiger partial charge in [-0.2, -0.15) is 0 Å². The summed E-state index contributed by atoms with van der Waals surface area (Å²) in [5.41, 5.74) is 1.02. The van der Waals surface area contributed by atoms with Crippen molar-refractivity contribution in [1.82, 2.24) is 5.06 Å². The molecule has 1 atom stereocenters. The first-order valence-electron chi connectivity index (χ1n) is 6.09. The van der Waals surface area contributed by atoms with Gasteiger partial charge in [0.25, 0.3) is 0 Å². The van der Waals surface area contributed by atoms with Crippen molar-refractivity contribution < 1.29 is 9.94 Å². The predicted octanol–water partition coefficient (Wildman–Crippen LogP) is 3.95. The van der Waals surface area contributed by atoms with Crippen LogP contribution >= 0.6 is 12.2 Å². The zero-order valence-electron chi connectivity index (χ0n) is 11.3. The van der Waals surface area contributed by atoms with Crippen LogP contribution in [0.4, 0.5) is 0 Å². The van der Waals surface area contributed by atoms with E-state index >= 15 is 0 Å². The molecule has 0 radical (unpaired) electrons. The standard InChI is InChI=1S/C15H17NO2S/c1-10(16(17)11(2)19)12-4-5-14-9-15(18-3)7-6-13(14)8-12/h4-10,17H,1-3H3. The van der Waals surface area contributed by atoms with E-state index in [1.807, 2.05) is 37.3 Å². The smallest absolute Gasteiger partial charge is 0.119 e. The molecule has 0 saturated heterocycles. The number of thiocarbonyl (C=S) groups is 1. The summed E-state index contributed by atoms with van der Waals surface area (Å²) >= 11 is 4.98. The van der Waals surface area contributed by atoms with Crippen molar-refractivity contribution in [2.75, 3.05) is 7.11 Å². The van der Waals surface area contributed by atoms with Crippen LogP contribution in [0, 0.1) is 0 Å². The summed E-state index contributed by atoms with van der Waals surface area (Å²) in [6, 6.07) is 11.8. The van der Waals surface area contributed by atoms with Gasteiger partial charge in [0.2, 0.25) is 0 Å². The van der Waals surface area contributed by atoms with Gasteiger partial charge in [-0.25, -0.2) is 5.06 Å². The van der Waals surface area contributed by atoms with Crippen LogP contribution in [0.3, 0.4) is 0 Å². The minimum Gasteiger partial charge on any atom is -0.497 e. The van der Waals surface area contributed by atoms with Crippen LogP contribution in [0.5, 0.6) is 5.75 Å². The molecule has 0 bridgehead atoms. The van der Waals surface area contributed by atoms with Crippen LogP contribution in [0.2, 0.25) is 0 Å². The van der Waals surface area contributed by atoms with Gasteiger partial charge in [0.05, 0.1) is 13.2 Å². The van der Waals surface area contributed by atoms with Crippen LogP contribution in [-0.4, -0.2) is 22.4 Å². The zero-order valence-corrected chi connectivity index (χ0v) is 12.1. The molecule has 0 heterocycles. The topological polar surface area (TPSA) is 32.7 Å². The second kappa shape index (κ2) is 5.55. The number of fused-ring (bicyclic) bond motifs is 1. The Balaban J connectivity index is 2.39. The Kier molecular flexibility index (Phi) is 4.02. The summed E-state index contributed by atoms with van der Waals surface area (Å²) in [6.45, 7) is 3.62. The first-order chi connectivity index (χ1) is 9.02. The van der Waals surface area contributed by atoms with Gasteiger partial charge in [-0.15, -0.1) is 0 Å². The Morgan fingerprint density at radius 1 is 1.21 bits per heavy atom. The van der Waals surface area contributed by atoms with E-state index in [1.54, 1.807) is 14.0 Å². The molecule has 2 aromatic rings. The zero-order chi connectivity index (χ0) is 14.0. The van der Waals surface area contributed by atoms with Crippen molar-refractivity contribution in [2.24, 2.45) is 0 Å². The number of ether oxygens (including phenoxy) is 1. The van der Waals surface area contributed by atoms with E-state index in [0.717, 1.165) is 27.1 Å². The number of hydrogen-bond acceptors (Lipinski definition) is 3. The molecule has 0 aliphatic rings. The molecule has 1 unspecified atom stereocenters. The van der Waals surface area contributed by atoms with Crippen molar-refractivity contribution in [3.8, 4) is 5.75 Å². The molecule has 0 aliphatic carbocycles. The highest BCUT2D eigenvalue weighted by atomic mass is 32.1. The minimum absolute atomic E-state index is 0.163. The molecule has 0 aromatic heterocycles. The van der Waals surface area contributed by atoms with Crippen LogP contribution in [0.15, 0.2) is 36.4 Å². The van der Waals surface area contributed by atoms with Crippen molar-refractivity contribution >= 4 is 28.0 Å². The van der Waals surface area contributed by atoms with Crippen LogP contribution in [0.1, 0.15) is 25.5 Å². The SMILES string of the molecule is COc1ccc2cc(C(C)N(O)C(C)=S)ccc2c1. The van der Waals surface area contributed by atoms with Crippen molar-refractivity contribution in [3.05, 3.63) is 42.0 Å². The van der Waals surface area contributed by atoms with Crippen LogP contribution in [0.25, 0.3) is 10.8 Å². The quantitative estimate of drug-likeness (QED) is 0.679. The first-order valence-corrected chi connectivity index (χ1v) is 6.50. The van der Waals surface area contributed by atoms with Gasteiger partial charge in [-0.1, -0.05) is 30.4 Å². The monoisotopic (exact) mass is 275 g/mol. The van der Waals surface area contributed by atoms with Gasteiger partial charge >= 0.3 is 0 Å². The average Bonchev–Trinajstić information content (AvgIpc) is 2.44. The van der Waals surface area contributed by atoms with E-state index in [1.165, 1.54) is 0 Å². The third kappa shape index (κ3) is 2.85. The second-order valence-corrected chi connectivity index (χ2v) is 5.10. The summed E-state index contributed by atoms with van der Waals surface area (Å²) in [4.78, 5) is 0.460. The molecular formula is C15H17NO2S. The number of hydroxylamine groups is 2. The average molecular weight is 275 g/mol. The van der Waals surface area contributed by atoms with Crippen molar-refractivity contribution in [1.29, 1.82) is 0 Å². The number of methoxy groups -OCH3 is 1. The van der Waals surface area contributed by atoms with Crippen molar-refractivity contribution in [2.45, 2.75) is 19.9 Å². The molecule has 0 fully saturated rings. The Bertz CT molecular complexity index is 612. The molecule has 100 valence electrons. The number of nitrogens with zero attached hydrogens (tertiary/aromatic N) is 1. The lowest BCUT2D eigenvalue weighted by Gasteiger charge is -2.23. The molecule has 3 nitrogen and oxygen atoms in total. The maximum Gasteiger partial charge on any atom is 0.119 e. The van der Waals surface area contributed by atoms with Gasteiger partial charge in [0.15, 0.2) is 0 Å². The van der Waals surface area contributed by atoms with Gasteiger partial charge in [-0.05, 0) is 48.4 Å². The molecule has 1 N–H and O–H groups in total. The fourth-order valence-electron chi connectivity index (χ4n) is 2.04. The molecule has 4 heteroatoms. The van der Waals surface area contributed by atoms with E-state index in [2.05, 4.69) is 6.07 Å². The van der Waals surface area contributed by atoms with Gasteiger partial charge in [0.1, 0.15) is 10.7 Å². The Labute approximate surface area is 118 Å². The fourth-order valence-corrected chi connectivity index (χ4v) is 2.20. The van der Waals surface area contributed by atoms with Crippen LogP contribution in [-0.2, 0) is 0 Å². The van der Waals surface area contributed by atoms with E-state index in [-0.39, 0.29) is 6.04 Å². The maximum absolute atomic E-state index is 9.87. The van der Waals surface area contributed by atoms with Gasteiger partial charge in [-0.3, -0.25) is 5.21 Å². The van der Waals surface area contributed by atoms with E-state index in [9.17, 15) is 5.21 Å². The Morgan fingerprint density at radius 2 is 1.84 bits per heavy atom. The molecular weight excluding hydrogens is 258 g/mol. The van der Waals surface area contributed by atoms with E-state index < -0.39 is 0 Å². The summed E-state index contributed by atoms with van der Waals surface area (Å²) in [5.74, 6) is 0.840. The third-order valence-electron chi connectivity index (χ3n) is 3.24. The molecule has 19 heavy (non-hydrogen) atoms. The normalized spacial score (nSPS) is 12.2. The summed E-state index contributed by atoms with van der Waals surface area (Å²) < 4.78 is 5.20. The molecule has 2 rings (SSSR count). The van der Waals surface area contributed by atoms with Gasteiger partial charge in [0, 0.05) is 0 Å². The summed E-state index contributed by atoms with van der Waals surface area (Å²) in [7, 11) is 1.66. The lowest BCUT2D eigenvalue weighted by atomic mass is 10.0. The molecule has 0 saturated carbocycles. The Morgan fingerprint density at radius 3 is 2.47 bits per heavy atom.